The Bertz CT molecular complexity index is 1020. The number of ether oxygens (including phenoxy) is 1. The molecule has 0 bridgehead atoms. The van der Waals surface area contributed by atoms with E-state index in [9.17, 15) is 15.0 Å². The average molecular weight is 345 g/mol. The summed E-state index contributed by atoms with van der Waals surface area (Å²) in [6.45, 7) is 0. The maximum Gasteiger partial charge on any atom is 0.336 e. The van der Waals surface area contributed by atoms with Crippen LogP contribution in [0.2, 0.25) is 0 Å². The Kier molecular flexibility index (Phi) is 4.86. The van der Waals surface area contributed by atoms with Gasteiger partial charge < -0.3 is 14.9 Å². The summed E-state index contributed by atoms with van der Waals surface area (Å²) in [7, 11) is 1.48. The summed E-state index contributed by atoms with van der Waals surface area (Å²) in [6.07, 6.45) is 3.28. The summed E-state index contributed by atoms with van der Waals surface area (Å²) < 4.78 is 5.18. The predicted octanol–water partition coefficient (Wildman–Crippen LogP) is 3.56. The lowest BCUT2D eigenvalue weighted by Crippen LogP contribution is -2.01. The molecule has 0 radical (unpaired) electrons. The molecule has 2 N–H and O–H groups in total. The van der Waals surface area contributed by atoms with Gasteiger partial charge in [0, 0.05) is 35.2 Å². The quantitative estimate of drug-likeness (QED) is 0.710. The molecular formula is C21H15NO4. The minimum Gasteiger partial charge on any atom is -0.508 e. The van der Waals surface area contributed by atoms with Gasteiger partial charge in [0.05, 0.1) is 12.7 Å². The molecule has 5 heteroatoms. The van der Waals surface area contributed by atoms with Crippen molar-refractivity contribution < 1.29 is 19.7 Å². The number of phenolic OH excluding ortho intramolecular Hbond substituents is 1. The van der Waals surface area contributed by atoms with Gasteiger partial charge in [-0.25, -0.2) is 4.79 Å². The number of carbonyl (C=O) groups is 1. The van der Waals surface area contributed by atoms with Crippen molar-refractivity contribution in [1.29, 1.82) is 0 Å². The van der Waals surface area contributed by atoms with E-state index in [-0.39, 0.29) is 11.3 Å². The van der Waals surface area contributed by atoms with Crippen LogP contribution in [-0.2, 0) is 0 Å². The third kappa shape index (κ3) is 3.65. The number of aromatic nitrogens is 1. The van der Waals surface area contributed by atoms with Crippen molar-refractivity contribution in [3.63, 3.8) is 0 Å². The molecule has 3 aromatic rings. The number of nitrogens with zero attached hydrogens (tertiary/aromatic N) is 1. The van der Waals surface area contributed by atoms with Gasteiger partial charge >= 0.3 is 5.97 Å². The second kappa shape index (κ2) is 7.41. The van der Waals surface area contributed by atoms with E-state index >= 15 is 0 Å². The number of methoxy groups -OCH3 is 1. The molecule has 0 saturated carbocycles. The number of pyridine rings is 1. The minimum atomic E-state index is -1.07. The Morgan fingerprint density at radius 1 is 1.08 bits per heavy atom. The van der Waals surface area contributed by atoms with E-state index in [1.807, 2.05) is 0 Å². The molecule has 0 saturated heterocycles. The highest BCUT2D eigenvalue weighted by Gasteiger charge is 2.16. The third-order valence-electron chi connectivity index (χ3n) is 3.73. The van der Waals surface area contributed by atoms with Gasteiger partial charge in [-0.2, -0.15) is 0 Å². The van der Waals surface area contributed by atoms with Gasteiger partial charge in [-0.1, -0.05) is 17.9 Å². The van der Waals surface area contributed by atoms with Crippen LogP contribution in [0.4, 0.5) is 0 Å². The third-order valence-corrected chi connectivity index (χ3v) is 3.73. The fourth-order valence-corrected chi connectivity index (χ4v) is 2.57. The number of hydrogen-bond acceptors (Lipinski definition) is 4. The molecule has 128 valence electrons. The van der Waals surface area contributed by atoms with E-state index in [2.05, 4.69) is 16.8 Å². The predicted molar refractivity (Wildman–Crippen MR) is 97.3 cm³/mol. The van der Waals surface area contributed by atoms with Crippen LogP contribution >= 0.6 is 0 Å². The van der Waals surface area contributed by atoms with Crippen molar-refractivity contribution in [3.8, 4) is 34.5 Å². The molecule has 0 aliphatic carbocycles. The first-order valence-corrected chi connectivity index (χ1v) is 7.75. The van der Waals surface area contributed by atoms with Crippen molar-refractivity contribution in [3.05, 3.63) is 77.6 Å². The van der Waals surface area contributed by atoms with Crippen LogP contribution in [0, 0.1) is 11.8 Å². The monoisotopic (exact) mass is 345 g/mol. The van der Waals surface area contributed by atoms with Gasteiger partial charge in [0.25, 0.3) is 0 Å². The molecule has 0 aliphatic heterocycles. The highest BCUT2D eigenvalue weighted by atomic mass is 16.5. The van der Waals surface area contributed by atoms with Crippen molar-refractivity contribution in [1.82, 2.24) is 4.98 Å². The molecule has 0 fully saturated rings. The Labute approximate surface area is 150 Å². The maximum atomic E-state index is 11.7. The molecule has 0 aliphatic rings. The zero-order valence-electron chi connectivity index (χ0n) is 13.9. The lowest BCUT2D eigenvalue weighted by Gasteiger charge is -2.11. The van der Waals surface area contributed by atoms with Gasteiger partial charge in [0.2, 0.25) is 0 Å². The molecule has 1 heterocycles. The second-order valence-electron chi connectivity index (χ2n) is 5.44. The number of hydrogen-bond donors (Lipinski definition) is 2. The van der Waals surface area contributed by atoms with Crippen molar-refractivity contribution in [2.45, 2.75) is 0 Å². The van der Waals surface area contributed by atoms with E-state index in [0.717, 1.165) is 5.56 Å². The molecule has 0 spiro atoms. The molecule has 0 atom stereocenters. The first-order chi connectivity index (χ1) is 12.6. The Morgan fingerprint density at radius 2 is 1.85 bits per heavy atom. The number of carboxylic acid groups (broad SMARTS) is 1. The number of phenols is 1. The maximum absolute atomic E-state index is 11.7. The average Bonchev–Trinajstić information content (AvgIpc) is 2.66. The molecule has 5 nitrogen and oxygen atoms in total. The van der Waals surface area contributed by atoms with Crippen molar-refractivity contribution in [2.24, 2.45) is 0 Å². The summed E-state index contributed by atoms with van der Waals surface area (Å²) in [6, 6.07) is 13.0. The highest BCUT2D eigenvalue weighted by Crippen LogP contribution is 2.33. The van der Waals surface area contributed by atoms with Crippen LogP contribution in [-0.4, -0.2) is 28.3 Å². The molecule has 0 unspecified atom stereocenters. The lowest BCUT2D eigenvalue weighted by atomic mass is 9.94. The van der Waals surface area contributed by atoms with Crippen LogP contribution in [0.1, 0.15) is 21.5 Å². The number of aromatic carboxylic acids is 1. The molecular weight excluding hydrogens is 330 g/mol. The van der Waals surface area contributed by atoms with E-state index in [1.54, 1.807) is 42.7 Å². The lowest BCUT2D eigenvalue weighted by molar-refractivity contribution is 0.0697. The van der Waals surface area contributed by atoms with E-state index < -0.39 is 5.97 Å². The number of benzene rings is 2. The van der Waals surface area contributed by atoms with Gasteiger partial charge in [-0.05, 0) is 42.0 Å². The summed E-state index contributed by atoms with van der Waals surface area (Å²) in [5.41, 5.74) is 2.34. The normalized spacial score (nSPS) is 9.88. The molecule has 0 amide bonds. The number of carboxylic acids is 1. The van der Waals surface area contributed by atoms with Crippen LogP contribution < -0.4 is 4.74 Å². The zero-order valence-corrected chi connectivity index (χ0v) is 13.9. The molecule has 3 rings (SSSR count). The molecule has 2 aromatic carbocycles. The molecule has 1 aromatic heterocycles. The SMILES string of the molecule is COc1cc(O)cc(-c2c(C#Cc3ccncc3)cccc2C(=O)O)c1. The van der Waals surface area contributed by atoms with Gasteiger partial charge in [0.15, 0.2) is 0 Å². The first kappa shape index (κ1) is 17.1. The van der Waals surface area contributed by atoms with Crippen LogP contribution in [0.3, 0.4) is 0 Å². The number of rotatable bonds is 3. The number of aromatic hydroxyl groups is 1. The standard InChI is InChI=1S/C21H15NO4/c1-26-18-12-16(11-17(23)13-18)20-15(3-2-4-19(20)21(24)25)6-5-14-7-9-22-10-8-14/h2-4,7-13,23H,1H3,(H,24,25). The fraction of sp³-hybridized carbons (Fsp3) is 0.0476. The zero-order chi connectivity index (χ0) is 18.5. The minimum absolute atomic E-state index is 0.0208. The van der Waals surface area contributed by atoms with Crippen LogP contribution in [0.5, 0.6) is 11.5 Å². The van der Waals surface area contributed by atoms with Gasteiger partial charge in [-0.15, -0.1) is 0 Å². The highest BCUT2D eigenvalue weighted by molar-refractivity contribution is 5.98. The van der Waals surface area contributed by atoms with E-state index in [4.69, 9.17) is 4.74 Å². The fourth-order valence-electron chi connectivity index (χ4n) is 2.57. The van der Waals surface area contributed by atoms with Crippen molar-refractivity contribution >= 4 is 5.97 Å². The summed E-state index contributed by atoms with van der Waals surface area (Å²) >= 11 is 0. The Morgan fingerprint density at radius 3 is 2.54 bits per heavy atom. The van der Waals surface area contributed by atoms with E-state index in [1.165, 1.54) is 25.3 Å². The van der Waals surface area contributed by atoms with Crippen molar-refractivity contribution in [2.75, 3.05) is 7.11 Å². The molecule has 26 heavy (non-hydrogen) atoms. The summed E-state index contributed by atoms with van der Waals surface area (Å²) in [5.74, 6) is 5.35. The summed E-state index contributed by atoms with van der Waals surface area (Å²) in [4.78, 5) is 15.7. The van der Waals surface area contributed by atoms with Gasteiger partial charge in [-0.3, -0.25) is 4.98 Å². The smallest absolute Gasteiger partial charge is 0.336 e. The van der Waals surface area contributed by atoms with Crippen LogP contribution in [0.25, 0.3) is 11.1 Å². The summed E-state index contributed by atoms with van der Waals surface area (Å²) in [5, 5.41) is 19.5. The van der Waals surface area contributed by atoms with Crippen LogP contribution in [0.15, 0.2) is 60.9 Å². The van der Waals surface area contributed by atoms with E-state index in [0.29, 0.717) is 22.4 Å². The first-order valence-electron chi connectivity index (χ1n) is 7.75. The largest absolute Gasteiger partial charge is 0.508 e. The van der Waals surface area contributed by atoms with Gasteiger partial charge in [0.1, 0.15) is 11.5 Å². The Balaban J connectivity index is 2.21. The Hall–Kier alpha value is -3.78. The topological polar surface area (TPSA) is 79.7 Å². The second-order valence-corrected chi connectivity index (χ2v) is 5.44.